The van der Waals surface area contributed by atoms with Gasteiger partial charge in [-0.2, -0.15) is 0 Å². The Morgan fingerprint density at radius 1 is 0.656 bits per heavy atom. The van der Waals surface area contributed by atoms with Crippen LogP contribution in [0, 0.1) is 5.92 Å². The second-order valence-electron chi connectivity index (χ2n) is 8.94. The SMILES string of the molecule is C=CCOCc1ccc(-c2ccc(-c3ccc(C4CCC(CC=C)CC4)cc3)cc2)cc1. The summed E-state index contributed by atoms with van der Waals surface area (Å²) < 4.78 is 5.52. The number of hydrogen-bond acceptors (Lipinski definition) is 1. The lowest BCUT2D eigenvalue weighted by Gasteiger charge is -2.28. The largest absolute Gasteiger partial charge is 0.373 e. The van der Waals surface area contributed by atoms with E-state index in [0.717, 1.165) is 11.8 Å². The van der Waals surface area contributed by atoms with Crippen LogP contribution in [0.25, 0.3) is 22.3 Å². The Bertz CT molecular complexity index is 988. The van der Waals surface area contributed by atoms with Gasteiger partial charge in [-0.15, -0.1) is 13.2 Å². The molecule has 0 heterocycles. The minimum absolute atomic E-state index is 0.584. The van der Waals surface area contributed by atoms with Crippen LogP contribution < -0.4 is 0 Å². The number of allylic oxidation sites excluding steroid dienone is 1. The van der Waals surface area contributed by atoms with Crippen LogP contribution in [0.15, 0.2) is 98.1 Å². The predicted molar refractivity (Wildman–Crippen MR) is 137 cm³/mol. The van der Waals surface area contributed by atoms with E-state index in [1.54, 1.807) is 6.08 Å². The molecule has 0 unspecified atom stereocenters. The Morgan fingerprint density at radius 3 is 1.66 bits per heavy atom. The van der Waals surface area contributed by atoms with E-state index in [0.29, 0.717) is 13.2 Å². The molecule has 0 aliphatic heterocycles. The lowest BCUT2D eigenvalue weighted by atomic mass is 9.77. The summed E-state index contributed by atoms with van der Waals surface area (Å²) in [5.41, 5.74) is 7.70. The Labute approximate surface area is 193 Å². The van der Waals surface area contributed by atoms with Crippen molar-refractivity contribution in [1.82, 2.24) is 0 Å². The third-order valence-corrected chi connectivity index (χ3v) is 6.74. The first-order valence-electron chi connectivity index (χ1n) is 11.9. The molecule has 1 heteroatoms. The molecule has 0 bridgehead atoms. The van der Waals surface area contributed by atoms with Gasteiger partial charge in [0.2, 0.25) is 0 Å². The molecular formula is C31H34O. The van der Waals surface area contributed by atoms with E-state index >= 15 is 0 Å². The molecule has 1 nitrogen and oxygen atoms in total. The normalized spacial score (nSPS) is 18.2. The van der Waals surface area contributed by atoms with Crippen LogP contribution in [0.5, 0.6) is 0 Å². The van der Waals surface area contributed by atoms with Gasteiger partial charge >= 0.3 is 0 Å². The molecule has 0 aromatic heterocycles. The predicted octanol–water partition coefficient (Wildman–Crippen LogP) is 8.57. The number of rotatable bonds is 9. The molecule has 0 radical (unpaired) electrons. The second kappa shape index (κ2) is 11.1. The van der Waals surface area contributed by atoms with E-state index < -0.39 is 0 Å². The summed E-state index contributed by atoms with van der Waals surface area (Å²) in [7, 11) is 0. The fourth-order valence-electron chi connectivity index (χ4n) is 4.82. The molecule has 0 amide bonds. The fraction of sp³-hybridized carbons (Fsp3) is 0.290. The van der Waals surface area contributed by atoms with Gasteiger partial charge in [-0.1, -0.05) is 84.9 Å². The summed E-state index contributed by atoms with van der Waals surface area (Å²) in [6, 6.07) is 26.8. The van der Waals surface area contributed by atoms with E-state index in [2.05, 4.69) is 92.0 Å². The van der Waals surface area contributed by atoms with Crippen molar-refractivity contribution in [2.24, 2.45) is 5.92 Å². The van der Waals surface area contributed by atoms with E-state index in [1.165, 1.54) is 65.5 Å². The van der Waals surface area contributed by atoms with Crippen LogP contribution in [0.2, 0.25) is 0 Å². The van der Waals surface area contributed by atoms with Gasteiger partial charge in [0.05, 0.1) is 13.2 Å². The van der Waals surface area contributed by atoms with Crippen LogP contribution in [-0.2, 0) is 11.3 Å². The molecule has 1 aliphatic carbocycles. The van der Waals surface area contributed by atoms with Gasteiger partial charge in [0, 0.05) is 0 Å². The molecule has 4 rings (SSSR count). The third kappa shape index (κ3) is 5.66. The minimum Gasteiger partial charge on any atom is -0.373 e. The van der Waals surface area contributed by atoms with E-state index in [9.17, 15) is 0 Å². The van der Waals surface area contributed by atoms with E-state index in [4.69, 9.17) is 4.74 Å². The summed E-state index contributed by atoms with van der Waals surface area (Å²) in [5.74, 6) is 1.57. The van der Waals surface area contributed by atoms with Crippen LogP contribution in [0.3, 0.4) is 0 Å². The minimum atomic E-state index is 0.584. The van der Waals surface area contributed by atoms with Gasteiger partial charge in [0.15, 0.2) is 0 Å². The van der Waals surface area contributed by atoms with Crippen molar-refractivity contribution in [2.75, 3.05) is 6.61 Å². The summed E-state index contributed by atoms with van der Waals surface area (Å²) in [5, 5.41) is 0. The standard InChI is InChI=1S/C31H34O/c1-3-5-24-6-10-26(11-7-24)28-14-18-30(19-15-28)31-20-16-29(17-21-31)27-12-8-25(9-13-27)23-32-22-4-2/h3-4,8-9,12-21,24,26H,1-2,5-7,10-11,22-23H2. The molecule has 0 saturated heterocycles. The quantitative estimate of drug-likeness (QED) is 0.248. The highest BCUT2D eigenvalue weighted by Crippen LogP contribution is 2.37. The van der Waals surface area contributed by atoms with Gasteiger partial charge in [-0.25, -0.2) is 0 Å². The first-order valence-corrected chi connectivity index (χ1v) is 11.9. The molecule has 32 heavy (non-hydrogen) atoms. The maximum Gasteiger partial charge on any atom is 0.0721 e. The highest BCUT2D eigenvalue weighted by Gasteiger charge is 2.21. The second-order valence-corrected chi connectivity index (χ2v) is 8.94. The van der Waals surface area contributed by atoms with Crippen molar-refractivity contribution in [3.8, 4) is 22.3 Å². The molecule has 1 fully saturated rings. The van der Waals surface area contributed by atoms with Crippen molar-refractivity contribution in [2.45, 2.75) is 44.6 Å². The fourth-order valence-corrected chi connectivity index (χ4v) is 4.82. The van der Waals surface area contributed by atoms with Gasteiger partial charge in [-0.3, -0.25) is 0 Å². The number of benzene rings is 3. The smallest absolute Gasteiger partial charge is 0.0721 e. The average Bonchev–Trinajstić information content (AvgIpc) is 2.86. The zero-order valence-electron chi connectivity index (χ0n) is 19.0. The molecule has 0 atom stereocenters. The average molecular weight is 423 g/mol. The third-order valence-electron chi connectivity index (χ3n) is 6.74. The van der Waals surface area contributed by atoms with Crippen molar-refractivity contribution < 1.29 is 4.74 Å². The number of hydrogen-bond donors (Lipinski definition) is 0. The van der Waals surface area contributed by atoms with Crippen molar-refractivity contribution in [3.05, 3.63) is 109 Å². The van der Waals surface area contributed by atoms with Crippen LogP contribution in [-0.4, -0.2) is 6.61 Å². The Morgan fingerprint density at radius 2 is 1.16 bits per heavy atom. The molecule has 3 aromatic carbocycles. The molecule has 1 aliphatic rings. The van der Waals surface area contributed by atoms with Gasteiger partial charge < -0.3 is 4.74 Å². The van der Waals surface area contributed by atoms with Crippen LogP contribution >= 0.6 is 0 Å². The summed E-state index contributed by atoms with van der Waals surface area (Å²) in [4.78, 5) is 0. The summed E-state index contributed by atoms with van der Waals surface area (Å²) in [6.45, 7) is 8.79. The number of ether oxygens (including phenoxy) is 1. The monoisotopic (exact) mass is 422 g/mol. The molecule has 1 saturated carbocycles. The van der Waals surface area contributed by atoms with Crippen LogP contribution in [0.4, 0.5) is 0 Å². The van der Waals surface area contributed by atoms with Crippen molar-refractivity contribution in [1.29, 1.82) is 0 Å². The zero-order chi connectivity index (χ0) is 22.2. The highest BCUT2D eigenvalue weighted by atomic mass is 16.5. The molecule has 164 valence electrons. The van der Waals surface area contributed by atoms with Crippen molar-refractivity contribution >= 4 is 0 Å². The molecule has 3 aromatic rings. The molecule has 0 N–H and O–H groups in total. The van der Waals surface area contributed by atoms with Crippen molar-refractivity contribution in [3.63, 3.8) is 0 Å². The molecule has 0 spiro atoms. The maximum atomic E-state index is 5.52. The van der Waals surface area contributed by atoms with E-state index in [-0.39, 0.29) is 0 Å². The van der Waals surface area contributed by atoms with E-state index in [1.807, 2.05) is 0 Å². The Hall–Kier alpha value is -2.90. The zero-order valence-corrected chi connectivity index (χ0v) is 19.0. The van der Waals surface area contributed by atoms with Gasteiger partial charge in [0.1, 0.15) is 0 Å². The summed E-state index contributed by atoms with van der Waals surface area (Å²) in [6.07, 6.45) is 10.3. The summed E-state index contributed by atoms with van der Waals surface area (Å²) >= 11 is 0. The topological polar surface area (TPSA) is 9.23 Å². The van der Waals surface area contributed by atoms with Gasteiger partial charge in [-0.05, 0) is 77.3 Å². The first kappa shape index (κ1) is 22.3. The first-order chi connectivity index (χ1) is 15.8. The lowest BCUT2D eigenvalue weighted by molar-refractivity contribution is 0.149. The van der Waals surface area contributed by atoms with Gasteiger partial charge in [0.25, 0.3) is 0 Å². The maximum absolute atomic E-state index is 5.52. The lowest BCUT2D eigenvalue weighted by Crippen LogP contribution is -2.12. The Balaban J connectivity index is 1.37. The highest BCUT2D eigenvalue weighted by molar-refractivity contribution is 5.70. The van der Waals surface area contributed by atoms with Crippen LogP contribution in [0.1, 0.15) is 49.1 Å². The molecular weight excluding hydrogens is 388 g/mol. The Kier molecular flexibility index (Phi) is 7.74.